The van der Waals surface area contributed by atoms with Crippen LogP contribution in [0.5, 0.6) is 5.75 Å². The molecule has 0 unspecified atom stereocenters. The summed E-state index contributed by atoms with van der Waals surface area (Å²) >= 11 is 3.43. The summed E-state index contributed by atoms with van der Waals surface area (Å²) in [6, 6.07) is 7.78. The summed E-state index contributed by atoms with van der Waals surface area (Å²) in [6.07, 6.45) is 1.22. The van der Waals surface area contributed by atoms with Gasteiger partial charge in [0.25, 0.3) is 0 Å². The number of halogens is 1. The fraction of sp³-hybridized carbons (Fsp3) is 0.375. The topological polar surface area (TPSA) is 60.5 Å². The average molecular weight is 367 g/mol. The van der Waals surface area contributed by atoms with E-state index in [1.165, 1.54) is 0 Å². The second-order valence-electron chi connectivity index (χ2n) is 5.79. The molecule has 0 saturated carbocycles. The molecule has 0 bridgehead atoms. The van der Waals surface area contributed by atoms with Gasteiger partial charge in [0.15, 0.2) is 0 Å². The zero-order valence-corrected chi connectivity index (χ0v) is 14.4. The Kier molecular flexibility index (Phi) is 5.24. The molecule has 5 nitrogen and oxygen atoms in total. The fourth-order valence-electron chi connectivity index (χ4n) is 1.80. The molecule has 118 valence electrons. The number of nitrogens with zero attached hydrogens (tertiary/aromatic N) is 1. The number of rotatable bonds is 4. The first-order valence-electron chi connectivity index (χ1n) is 6.98. The molecule has 1 aromatic carbocycles. The number of hydrogen-bond acceptors (Lipinski definition) is 4. The molecule has 0 aliphatic rings. The molecule has 2 aromatic rings. The van der Waals surface area contributed by atoms with Crippen LogP contribution in [0.2, 0.25) is 0 Å². The summed E-state index contributed by atoms with van der Waals surface area (Å²) in [5.41, 5.74) is 0.406. The molecule has 0 aliphatic heterocycles. The number of hydrogen-bond donors (Lipinski definition) is 1. The number of carbonyl (C=O) groups is 1. The molecule has 1 amide bonds. The van der Waals surface area contributed by atoms with Crippen molar-refractivity contribution >= 4 is 32.9 Å². The van der Waals surface area contributed by atoms with E-state index in [4.69, 9.17) is 9.47 Å². The zero-order valence-electron chi connectivity index (χ0n) is 12.9. The van der Waals surface area contributed by atoms with Crippen LogP contribution >= 0.6 is 15.9 Å². The second-order valence-corrected chi connectivity index (χ2v) is 6.70. The highest BCUT2D eigenvalue weighted by molar-refractivity contribution is 9.10. The van der Waals surface area contributed by atoms with E-state index >= 15 is 0 Å². The maximum absolute atomic E-state index is 11.5. The van der Waals surface area contributed by atoms with Crippen molar-refractivity contribution in [1.29, 1.82) is 0 Å². The van der Waals surface area contributed by atoms with Gasteiger partial charge in [-0.15, -0.1) is 0 Å². The summed E-state index contributed by atoms with van der Waals surface area (Å²) in [4.78, 5) is 15.8. The monoisotopic (exact) mass is 366 g/mol. The number of ether oxygens (including phenoxy) is 2. The Morgan fingerprint density at radius 3 is 2.82 bits per heavy atom. The molecule has 2 rings (SSSR count). The Balaban J connectivity index is 1.83. The van der Waals surface area contributed by atoms with Crippen molar-refractivity contribution in [3.05, 3.63) is 34.9 Å². The Morgan fingerprint density at radius 1 is 1.32 bits per heavy atom. The second kappa shape index (κ2) is 6.96. The average Bonchev–Trinajstić information content (AvgIpc) is 2.41. The SMILES string of the molecule is CC(C)(C)OC(=O)NCCOc1cnc2ccc(Br)cc2c1. The lowest BCUT2D eigenvalue weighted by Gasteiger charge is -2.19. The lowest BCUT2D eigenvalue weighted by atomic mass is 10.2. The van der Waals surface area contributed by atoms with Crippen molar-refractivity contribution in [3.63, 3.8) is 0 Å². The van der Waals surface area contributed by atoms with E-state index in [9.17, 15) is 4.79 Å². The lowest BCUT2D eigenvalue weighted by Crippen LogP contribution is -2.34. The third kappa shape index (κ3) is 5.18. The quantitative estimate of drug-likeness (QED) is 0.833. The third-order valence-electron chi connectivity index (χ3n) is 2.66. The van der Waals surface area contributed by atoms with Gasteiger partial charge in [-0.3, -0.25) is 4.98 Å². The minimum Gasteiger partial charge on any atom is -0.490 e. The van der Waals surface area contributed by atoms with Crippen LogP contribution in [-0.4, -0.2) is 29.8 Å². The van der Waals surface area contributed by atoms with Gasteiger partial charge in [-0.05, 0) is 45.0 Å². The van der Waals surface area contributed by atoms with Crippen LogP contribution in [0.15, 0.2) is 34.9 Å². The van der Waals surface area contributed by atoms with Crippen LogP contribution in [-0.2, 0) is 4.74 Å². The minimum atomic E-state index is -0.499. The molecule has 1 aromatic heterocycles. The molecular weight excluding hydrogens is 348 g/mol. The van der Waals surface area contributed by atoms with E-state index in [0.717, 1.165) is 15.4 Å². The molecule has 0 saturated heterocycles. The molecule has 0 fully saturated rings. The highest BCUT2D eigenvalue weighted by atomic mass is 79.9. The van der Waals surface area contributed by atoms with Gasteiger partial charge >= 0.3 is 6.09 Å². The molecular formula is C16H19BrN2O3. The van der Waals surface area contributed by atoms with Crippen LogP contribution in [0, 0.1) is 0 Å². The van der Waals surface area contributed by atoms with Crippen molar-refractivity contribution in [2.24, 2.45) is 0 Å². The molecule has 22 heavy (non-hydrogen) atoms. The number of alkyl carbamates (subject to hydrolysis) is 1. The van der Waals surface area contributed by atoms with E-state index < -0.39 is 11.7 Å². The van der Waals surface area contributed by atoms with Crippen molar-refractivity contribution < 1.29 is 14.3 Å². The number of amides is 1. The lowest BCUT2D eigenvalue weighted by molar-refractivity contribution is 0.0520. The first-order valence-corrected chi connectivity index (χ1v) is 7.78. The first-order chi connectivity index (χ1) is 10.3. The largest absolute Gasteiger partial charge is 0.490 e. The van der Waals surface area contributed by atoms with Gasteiger partial charge in [0.1, 0.15) is 18.0 Å². The van der Waals surface area contributed by atoms with E-state index in [0.29, 0.717) is 18.9 Å². The van der Waals surface area contributed by atoms with Crippen LogP contribution in [0.1, 0.15) is 20.8 Å². The van der Waals surface area contributed by atoms with E-state index in [1.54, 1.807) is 6.20 Å². The van der Waals surface area contributed by atoms with Gasteiger partial charge in [-0.25, -0.2) is 4.79 Å². The Hall–Kier alpha value is -1.82. The summed E-state index contributed by atoms with van der Waals surface area (Å²) < 4.78 is 11.7. The number of pyridine rings is 1. The number of aromatic nitrogens is 1. The third-order valence-corrected chi connectivity index (χ3v) is 3.15. The van der Waals surface area contributed by atoms with Crippen LogP contribution in [0.4, 0.5) is 4.79 Å². The number of benzene rings is 1. The molecule has 0 radical (unpaired) electrons. The molecule has 1 N–H and O–H groups in total. The molecule has 1 heterocycles. The molecule has 0 aliphatic carbocycles. The van der Waals surface area contributed by atoms with Crippen molar-refractivity contribution in [2.75, 3.05) is 13.2 Å². The van der Waals surface area contributed by atoms with Crippen LogP contribution in [0.25, 0.3) is 10.9 Å². The summed E-state index contributed by atoms with van der Waals surface area (Å²) in [6.45, 7) is 6.18. The van der Waals surface area contributed by atoms with Crippen LogP contribution < -0.4 is 10.1 Å². The molecule has 0 spiro atoms. The Morgan fingerprint density at radius 2 is 2.09 bits per heavy atom. The number of carbonyl (C=O) groups excluding carboxylic acids is 1. The minimum absolute atomic E-state index is 0.348. The Bertz CT molecular complexity index is 668. The molecule has 6 heteroatoms. The van der Waals surface area contributed by atoms with E-state index in [1.807, 2.05) is 45.0 Å². The summed E-state index contributed by atoms with van der Waals surface area (Å²) in [7, 11) is 0. The van der Waals surface area contributed by atoms with Crippen molar-refractivity contribution in [3.8, 4) is 5.75 Å². The predicted molar refractivity (Wildman–Crippen MR) is 89.2 cm³/mol. The Labute approximate surface area is 138 Å². The number of fused-ring (bicyclic) bond motifs is 1. The highest BCUT2D eigenvalue weighted by Crippen LogP contribution is 2.22. The van der Waals surface area contributed by atoms with E-state index in [2.05, 4.69) is 26.2 Å². The fourth-order valence-corrected chi connectivity index (χ4v) is 2.18. The van der Waals surface area contributed by atoms with Gasteiger partial charge in [-0.2, -0.15) is 0 Å². The van der Waals surface area contributed by atoms with Gasteiger partial charge in [-0.1, -0.05) is 15.9 Å². The zero-order chi connectivity index (χ0) is 16.2. The van der Waals surface area contributed by atoms with Gasteiger partial charge in [0.05, 0.1) is 18.3 Å². The molecule has 0 atom stereocenters. The standard InChI is InChI=1S/C16H19BrN2O3/c1-16(2,3)22-15(20)18-6-7-21-13-9-11-8-12(17)4-5-14(11)19-10-13/h4-5,8-10H,6-7H2,1-3H3,(H,18,20). The predicted octanol–water partition coefficient (Wildman–Crippen LogP) is 3.90. The van der Waals surface area contributed by atoms with Crippen LogP contribution in [0.3, 0.4) is 0 Å². The highest BCUT2D eigenvalue weighted by Gasteiger charge is 2.15. The first kappa shape index (κ1) is 16.5. The normalized spacial score (nSPS) is 11.3. The summed E-state index contributed by atoms with van der Waals surface area (Å²) in [5.74, 6) is 0.664. The smallest absolute Gasteiger partial charge is 0.407 e. The van der Waals surface area contributed by atoms with E-state index in [-0.39, 0.29) is 0 Å². The van der Waals surface area contributed by atoms with Gasteiger partial charge in [0, 0.05) is 9.86 Å². The van der Waals surface area contributed by atoms with Gasteiger partial charge in [0.2, 0.25) is 0 Å². The van der Waals surface area contributed by atoms with Gasteiger partial charge < -0.3 is 14.8 Å². The maximum atomic E-state index is 11.5. The maximum Gasteiger partial charge on any atom is 0.407 e. The summed E-state index contributed by atoms with van der Waals surface area (Å²) in [5, 5.41) is 3.63. The van der Waals surface area contributed by atoms with Crippen molar-refractivity contribution in [1.82, 2.24) is 10.3 Å². The van der Waals surface area contributed by atoms with Crippen molar-refractivity contribution in [2.45, 2.75) is 26.4 Å². The number of nitrogens with one attached hydrogen (secondary N) is 1.